The van der Waals surface area contributed by atoms with Crippen LogP contribution in [-0.4, -0.2) is 26.5 Å². The van der Waals surface area contributed by atoms with Crippen molar-refractivity contribution >= 4 is 17.7 Å². The molecule has 1 aromatic rings. The highest BCUT2D eigenvalue weighted by molar-refractivity contribution is 7.99. The van der Waals surface area contributed by atoms with E-state index in [1.165, 1.54) is 11.8 Å². The van der Waals surface area contributed by atoms with Gasteiger partial charge in [0.1, 0.15) is 0 Å². The van der Waals surface area contributed by atoms with Crippen LogP contribution in [0.15, 0.2) is 4.52 Å². The third-order valence-corrected chi connectivity index (χ3v) is 3.20. The molecule has 0 saturated heterocycles. The van der Waals surface area contributed by atoms with Gasteiger partial charge in [-0.15, -0.1) is 11.8 Å². The molecule has 1 N–H and O–H groups in total. The number of carboxylic acid groups (broad SMARTS) is 1. The van der Waals surface area contributed by atoms with Gasteiger partial charge in [0.15, 0.2) is 5.82 Å². The summed E-state index contributed by atoms with van der Waals surface area (Å²) in [6.07, 6.45) is 0.955. The van der Waals surface area contributed by atoms with E-state index in [1.807, 2.05) is 6.92 Å². The second kappa shape index (κ2) is 6.64. The SMILES string of the molecule is CC(C)Cc1noc(CSC(C)CC(=O)O)n1. The lowest BCUT2D eigenvalue weighted by Gasteiger charge is -2.05. The smallest absolute Gasteiger partial charge is 0.304 e. The quantitative estimate of drug-likeness (QED) is 0.809. The summed E-state index contributed by atoms with van der Waals surface area (Å²) in [5.74, 6) is 1.58. The number of thioether (sulfide) groups is 1. The van der Waals surface area contributed by atoms with Crippen molar-refractivity contribution in [3.05, 3.63) is 11.7 Å². The van der Waals surface area contributed by atoms with Gasteiger partial charge >= 0.3 is 5.97 Å². The molecule has 0 bridgehead atoms. The Morgan fingerprint density at radius 3 is 2.76 bits per heavy atom. The van der Waals surface area contributed by atoms with Crippen LogP contribution < -0.4 is 0 Å². The number of carboxylic acids is 1. The maximum absolute atomic E-state index is 10.5. The Bertz CT molecular complexity index is 365. The van der Waals surface area contributed by atoms with Crippen LogP contribution in [-0.2, 0) is 17.0 Å². The molecule has 0 fully saturated rings. The zero-order valence-corrected chi connectivity index (χ0v) is 11.2. The first-order valence-electron chi connectivity index (χ1n) is 5.62. The fourth-order valence-corrected chi connectivity index (χ4v) is 2.12. The fraction of sp³-hybridized carbons (Fsp3) is 0.727. The molecule has 1 aromatic heterocycles. The maximum Gasteiger partial charge on any atom is 0.304 e. The molecule has 0 amide bonds. The first-order chi connectivity index (χ1) is 7.97. The van der Waals surface area contributed by atoms with Crippen molar-refractivity contribution < 1.29 is 14.4 Å². The van der Waals surface area contributed by atoms with Crippen LogP contribution in [0.5, 0.6) is 0 Å². The number of aromatic nitrogens is 2. The van der Waals surface area contributed by atoms with Gasteiger partial charge in [-0.2, -0.15) is 4.98 Å². The molecule has 1 atom stereocenters. The second-order valence-corrected chi connectivity index (χ2v) is 5.85. The number of aliphatic carboxylic acids is 1. The molecular formula is C11H18N2O3S. The third-order valence-electron chi connectivity index (χ3n) is 2.05. The lowest BCUT2D eigenvalue weighted by atomic mass is 10.1. The summed E-state index contributed by atoms with van der Waals surface area (Å²) in [7, 11) is 0. The number of hydrogen-bond acceptors (Lipinski definition) is 5. The van der Waals surface area contributed by atoms with E-state index in [1.54, 1.807) is 0 Å². The molecule has 1 rings (SSSR count). The summed E-state index contributed by atoms with van der Waals surface area (Å²) in [5, 5.41) is 12.5. The standard InChI is InChI=1S/C11H18N2O3S/c1-7(2)4-9-12-10(16-13-9)6-17-8(3)5-11(14)15/h7-8H,4-6H2,1-3H3,(H,14,15). The van der Waals surface area contributed by atoms with Gasteiger partial charge in [-0.3, -0.25) is 4.79 Å². The highest BCUT2D eigenvalue weighted by Crippen LogP contribution is 2.19. The zero-order valence-electron chi connectivity index (χ0n) is 10.3. The maximum atomic E-state index is 10.5. The molecule has 96 valence electrons. The number of rotatable bonds is 7. The van der Waals surface area contributed by atoms with Crippen LogP contribution in [0, 0.1) is 5.92 Å². The van der Waals surface area contributed by atoms with Gasteiger partial charge in [0.25, 0.3) is 0 Å². The molecule has 0 saturated carbocycles. The van der Waals surface area contributed by atoms with E-state index < -0.39 is 5.97 Å². The van der Waals surface area contributed by atoms with Crippen molar-refractivity contribution in [1.82, 2.24) is 10.1 Å². The van der Waals surface area contributed by atoms with Gasteiger partial charge in [0.2, 0.25) is 5.89 Å². The molecule has 1 unspecified atom stereocenters. The molecule has 0 aliphatic rings. The Kier molecular flexibility index (Phi) is 5.47. The minimum atomic E-state index is -0.781. The average molecular weight is 258 g/mol. The summed E-state index contributed by atoms with van der Waals surface area (Å²) in [6, 6.07) is 0. The lowest BCUT2D eigenvalue weighted by molar-refractivity contribution is -0.136. The molecule has 0 aliphatic carbocycles. The second-order valence-electron chi connectivity index (χ2n) is 4.42. The molecular weight excluding hydrogens is 240 g/mol. The van der Waals surface area contributed by atoms with Crippen molar-refractivity contribution in [3.63, 3.8) is 0 Å². The van der Waals surface area contributed by atoms with Gasteiger partial charge in [0.05, 0.1) is 12.2 Å². The average Bonchev–Trinajstić information content (AvgIpc) is 2.60. The third kappa shape index (κ3) is 5.72. The Morgan fingerprint density at radius 2 is 2.18 bits per heavy atom. The van der Waals surface area contributed by atoms with E-state index in [0.29, 0.717) is 17.6 Å². The summed E-state index contributed by atoms with van der Waals surface area (Å²) in [6.45, 7) is 6.07. The predicted molar refractivity (Wildman–Crippen MR) is 65.8 cm³/mol. The van der Waals surface area contributed by atoms with E-state index in [2.05, 4.69) is 24.0 Å². The summed E-state index contributed by atoms with van der Waals surface area (Å²) in [5.41, 5.74) is 0. The normalized spacial score (nSPS) is 12.9. The molecule has 17 heavy (non-hydrogen) atoms. The zero-order chi connectivity index (χ0) is 12.8. The summed E-state index contributed by atoms with van der Waals surface area (Å²) < 4.78 is 5.09. The Morgan fingerprint density at radius 1 is 1.47 bits per heavy atom. The largest absolute Gasteiger partial charge is 0.481 e. The number of carbonyl (C=O) groups is 1. The number of hydrogen-bond donors (Lipinski definition) is 1. The minimum absolute atomic E-state index is 0.0490. The Hall–Kier alpha value is -1.04. The van der Waals surface area contributed by atoms with E-state index in [-0.39, 0.29) is 11.7 Å². The van der Waals surface area contributed by atoms with Crippen molar-refractivity contribution in [1.29, 1.82) is 0 Å². The van der Waals surface area contributed by atoms with Crippen LogP contribution in [0.2, 0.25) is 0 Å². The predicted octanol–water partition coefficient (Wildman–Crippen LogP) is 2.36. The van der Waals surface area contributed by atoms with E-state index >= 15 is 0 Å². The van der Waals surface area contributed by atoms with Gasteiger partial charge in [-0.25, -0.2) is 0 Å². The Balaban J connectivity index is 2.36. The first-order valence-corrected chi connectivity index (χ1v) is 6.67. The van der Waals surface area contributed by atoms with Crippen LogP contribution in [0.1, 0.15) is 38.9 Å². The van der Waals surface area contributed by atoms with Crippen molar-refractivity contribution in [2.75, 3.05) is 0 Å². The van der Waals surface area contributed by atoms with Crippen LogP contribution in [0.3, 0.4) is 0 Å². The molecule has 6 heteroatoms. The molecule has 1 heterocycles. The molecule has 0 aliphatic heterocycles. The van der Waals surface area contributed by atoms with Crippen molar-refractivity contribution in [3.8, 4) is 0 Å². The van der Waals surface area contributed by atoms with Crippen molar-refractivity contribution in [2.45, 2.75) is 44.6 Å². The van der Waals surface area contributed by atoms with Crippen LogP contribution >= 0.6 is 11.8 Å². The van der Waals surface area contributed by atoms with E-state index in [9.17, 15) is 4.79 Å². The van der Waals surface area contributed by atoms with Crippen LogP contribution in [0.4, 0.5) is 0 Å². The fourth-order valence-electron chi connectivity index (χ4n) is 1.32. The number of nitrogens with zero attached hydrogens (tertiary/aromatic N) is 2. The molecule has 5 nitrogen and oxygen atoms in total. The summed E-state index contributed by atoms with van der Waals surface area (Å²) >= 11 is 1.51. The van der Waals surface area contributed by atoms with Gasteiger partial charge in [-0.05, 0) is 5.92 Å². The van der Waals surface area contributed by atoms with E-state index in [0.717, 1.165) is 12.2 Å². The Labute approximate surface area is 105 Å². The monoisotopic (exact) mass is 258 g/mol. The highest BCUT2D eigenvalue weighted by Gasteiger charge is 2.12. The molecule has 0 radical (unpaired) electrons. The minimum Gasteiger partial charge on any atom is -0.481 e. The molecule has 0 aromatic carbocycles. The van der Waals surface area contributed by atoms with E-state index in [4.69, 9.17) is 9.63 Å². The summed E-state index contributed by atoms with van der Waals surface area (Å²) in [4.78, 5) is 14.7. The van der Waals surface area contributed by atoms with Crippen LogP contribution in [0.25, 0.3) is 0 Å². The molecule has 0 spiro atoms. The van der Waals surface area contributed by atoms with Gasteiger partial charge in [0, 0.05) is 11.7 Å². The van der Waals surface area contributed by atoms with Crippen molar-refractivity contribution in [2.24, 2.45) is 5.92 Å². The first kappa shape index (κ1) is 14.0. The van der Waals surface area contributed by atoms with Gasteiger partial charge in [-0.1, -0.05) is 25.9 Å². The topological polar surface area (TPSA) is 76.2 Å². The highest BCUT2D eigenvalue weighted by atomic mass is 32.2. The van der Waals surface area contributed by atoms with Gasteiger partial charge < -0.3 is 9.63 Å². The lowest BCUT2D eigenvalue weighted by Crippen LogP contribution is -2.05.